The number of hydrogen-bond acceptors (Lipinski definition) is 8. The molecule has 1 aromatic heterocycles. The number of nitro groups is 1. The second kappa shape index (κ2) is 9.27. The van der Waals surface area contributed by atoms with Crippen LogP contribution in [-0.2, 0) is 4.79 Å². The van der Waals surface area contributed by atoms with Crippen molar-refractivity contribution in [3.05, 3.63) is 58.4 Å². The van der Waals surface area contributed by atoms with Gasteiger partial charge in [-0.1, -0.05) is 11.8 Å². The molecule has 0 aliphatic carbocycles. The predicted octanol–water partition coefficient (Wildman–Crippen LogP) is 3.23. The lowest BCUT2D eigenvalue weighted by molar-refractivity contribution is -0.384. The Morgan fingerprint density at radius 3 is 2.53 bits per heavy atom. The lowest BCUT2D eigenvalue weighted by atomic mass is 10.2. The van der Waals surface area contributed by atoms with Crippen molar-refractivity contribution in [2.45, 2.75) is 12.1 Å². The van der Waals surface area contributed by atoms with Crippen LogP contribution < -0.4 is 14.8 Å². The van der Waals surface area contributed by atoms with Crippen LogP contribution in [0.2, 0.25) is 0 Å². The van der Waals surface area contributed by atoms with Gasteiger partial charge in [0.05, 0.1) is 30.6 Å². The highest BCUT2D eigenvalue weighted by molar-refractivity contribution is 7.99. The van der Waals surface area contributed by atoms with Crippen molar-refractivity contribution < 1.29 is 19.2 Å². The van der Waals surface area contributed by atoms with Crippen molar-refractivity contribution in [1.82, 2.24) is 14.8 Å². The van der Waals surface area contributed by atoms with Gasteiger partial charge in [0.1, 0.15) is 17.3 Å². The highest BCUT2D eigenvalue weighted by Crippen LogP contribution is 2.29. The maximum Gasteiger partial charge on any atom is 0.271 e. The number of ether oxygens (including phenoxy) is 2. The fourth-order valence-corrected chi connectivity index (χ4v) is 3.49. The quantitative estimate of drug-likeness (QED) is 0.329. The molecule has 1 N–H and O–H groups in total. The first kappa shape index (κ1) is 21.1. The molecule has 0 saturated carbocycles. The van der Waals surface area contributed by atoms with Crippen molar-refractivity contribution in [2.75, 3.05) is 25.3 Å². The number of amides is 1. The normalized spacial score (nSPS) is 10.5. The molecule has 3 aromatic rings. The van der Waals surface area contributed by atoms with Gasteiger partial charge in [0.15, 0.2) is 5.16 Å². The molecule has 1 amide bonds. The molecule has 10 nitrogen and oxygen atoms in total. The summed E-state index contributed by atoms with van der Waals surface area (Å²) in [6.07, 6.45) is 0. The summed E-state index contributed by atoms with van der Waals surface area (Å²) in [5.74, 6) is 1.39. The second-order valence-electron chi connectivity index (χ2n) is 6.04. The maximum absolute atomic E-state index is 12.4. The van der Waals surface area contributed by atoms with Gasteiger partial charge in [-0.3, -0.25) is 19.5 Å². The van der Waals surface area contributed by atoms with Crippen molar-refractivity contribution in [3.8, 4) is 17.2 Å². The monoisotopic (exact) mass is 429 g/mol. The fraction of sp³-hybridized carbons (Fsp3) is 0.211. The van der Waals surface area contributed by atoms with Gasteiger partial charge in [-0.25, -0.2) is 0 Å². The summed E-state index contributed by atoms with van der Waals surface area (Å²) in [6.45, 7) is 1.81. The first-order chi connectivity index (χ1) is 14.4. The van der Waals surface area contributed by atoms with E-state index in [1.807, 2.05) is 35.8 Å². The van der Waals surface area contributed by atoms with Gasteiger partial charge < -0.3 is 14.8 Å². The van der Waals surface area contributed by atoms with Crippen LogP contribution >= 0.6 is 11.8 Å². The molecule has 0 aliphatic rings. The van der Waals surface area contributed by atoms with E-state index in [1.54, 1.807) is 7.11 Å². The zero-order chi connectivity index (χ0) is 21.7. The summed E-state index contributed by atoms with van der Waals surface area (Å²) < 4.78 is 12.2. The Hall–Kier alpha value is -3.60. The molecule has 0 aliphatic heterocycles. The number of non-ortho nitro benzene ring substituents is 1. The minimum Gasteiger partial charge on any atom is -0.497 e. The number of carbonyl (C=O) groups excluding carboxylic acids is 1. The van der Waals surface area contributed by atoms with E-state index >= 15 is 0 Å². The molecule has 0 bridgehead atoms. The lowest BCUT2D eigenvalue weighted by Gasteiger charge is -2.11. The van der Waals surface area contributed by atoms with E-state index < -0.39 is 4.92 Å². The highest BCUT2D eigenvalue weighted by atomic mass is 32.2. The lowest BCUT2D eigenvalue weighted by Crippen LogP contribution is -2.15. The molecular weight excluding hydrogens is 410 g/mol. The number of hydrogen-bond donors (Lipinski definition) is 1. The number of anilines is 1. The molecule has 11 heteroatoms. The van der Waals surface area contributed by atoms with Crippen molar-refractivity contribution in [2.24, 2.45) is 0 Å². The summed E-state index contributed by atoms with van der Waals surface area (Å²) >= 11 is 1.20. The van der Waals surface area contributed by atoms with Crippen LogP contribution in [0.4, 0.5) is 11.4 Å². The Bertz CT molecular complexity index is 1070. The molecule has 0 fully saturated rings. The first-order valence-electron chi connectivity index (χ1n) is 8.74. The Kier molecular flexibility index (Phi) is 6.52. The number of rotatable bonds is 8. The number of nitrogens with one attached hydrogen (secondary N) is 1. The number of methoxy groups -OCH3 is 2. The zero-order valence-corrected chi connectivity index (χ0v) is 17.3. The van der Waals surface area contributed by atoms with E-state index in [1.165, 1.54) is 37.1 Å². The molecule has 2 aromatic carbocycles. The SMILES string of the molecule is COc1ccc(-n2c(C)nnc2SCC(=O)Nc2cc([N+](=O)[O-])ccc2OC)cc1. The fourth-order valence-electron chi connectivity index (χ4n) is 2.69. The van der Waals surface area contributed by atoms with Gasteiger partial charge in [-0.05, 0) is 37.3 Å². The molecule has 3 rings (SSSR count). The van der Waals surface area contributed by atoms with Gasteiger partial charge >= 0.3 is 0 Å². The first-order valence-corrected chi connectivity index (χ1v) is 9.73. The summed E-state index contributed by atoms with van der Waals surface area (Å²) in [5.41, 5.74) is 0.917. The number of aryl methyl sites for hydroxylation is 1. The largest absolute Gasteiger partial charge is 0.497 e. The summed E-state index contributed by atoms with van der Waals surface area (Å²) in [5, 5.41) is 22.4. The molecule has 0 radical (unpaired) electrons. The number of carbonyl (C=O) groups is 1. The van der Waals surface area contributed by atoms with Crippen LogP contribution in [0.25, 0.3) is 5.69 Å². The third-order valence-corrected chi connectivity index (χ3v) is 5.06. The van der Waals surface area contributed by atoms with Crippen LogP contribution in [0.1, 0.15) is 5.82 Å². The Balaban J connectivity index is 1.73. The van der Waals surface area contributed by atoms with Crippen molar-refractivity contribution in [3.63, 3.8) is 0 Å². The number of nitro benzene ring substituents is 1. The van der Waals surface area contributed by atoms with Crippen LogP contribution in [0, 0.1) is 17.0 Å². The molecule has 0 spiro atoms. The molecule has 0 atom stereocenters. The van der Waals surface area contributed by atoms with Crippen LogP contribution in [0.15, 0.2) is 47.6 Å². The van der Waals surface area contributed by atoms with Crippen molar-refractivity contribution in [1.29, 1.82) is 0 Å². The molecule has 30 heavy (non-hydrogen) atoms. The third-order valence-electron chi connectivity index (χ3n) is 4.13. The summed E-state index contributed by atoms with van der Waals surface area (Å²) in [4.78, 5) is 22.9. The number of thioether (sulfide) groups is 1. The molecular formula is C19H19N5O5S. The number of aromatic nitrogens is 3. The second-order valence-corrected chi connectivity index (χ2v) is 6.98. The third kappa shape index (κ3) is 4.69. The topological polar surface area (TPSA) is 121 Å². The average Bonchev–Trinajstić information content (AvgIpc) is 3.12. The van der Waals surface area contributed by atoms with E-state index in [-0.39, 0.29) is 23.0 Å². The van der Waals surface area contributed by atoms with Gasteiger partial charge in [-0.15, -0.1) is 10.2 Å². The molecule has 0 saturated heterocycles. The minimum absolute atomic E-state index is 0.0279. The standard InChI is InChI=1S/C19H19N5O5S/c1-12-21-22-19(23(12)13-4-7-15(28-2)8-5-13)30-11-18(25)20-16-10-14(24(26)27)6-9-17(16)29-3/h4-10H,11H2,1-3H3,(H,20,25). The van der Waals surface area contributed by atoms with Gasteiger partial charge in [0.25, 0.3) is 5.69 Å². The number of nitrogens with zero attached hydrogens (tertiary/aromatic N) is 4. The average molecular weight is 429 g/mol. The zero-order valence-electron chi connectivity index (χ0n) is 16.5. The predicted molar refractivity (Wildman–Crippen MR) is 112 cm³/mol. The molecule has 156 valence electrons. The van der Waals surface area contributed by atoms with E-state index in [0.717, 1.165) is 11.4 Å². The smallest absolute Gasteiger partial charge is 0.271 e. The Labute approximate surface area is 176 Å². The molecule has 1 heterocycles. The van der Waals surface area contributed by atoms with Crippen LogP contribution in [0.3, 0.4) is 0 Å². The van der Waals surface area contributed by atoms with Gasteiger partial charge in [0.2, 0.25) is 5.91 Å². The highest BCUT2D eigenvalue weighted by Gasteiger charge is 2.16. The Morgan fingerprint density at radius 2 is 1.90 bits per heavy atom. The van der Waals surface area contributed by atoms with Crippen LogP contribution in [0.5, 0.6) is 11.5 Å². The summed E-state index contributed by atoms with van der Waals surface area (Å²) in [7, 11) is 3.01. The minimum atomic E-state index is -0.538. The van der Waals surface area contributed by atoms with E-state index in [4.69, 9.17) is 9.47 Å². The van der Waals surface area contributed by atoms with Crippen molar-refractivity contribution >= 4 is 29.0 Å². The van der Waals surface area contributed by atoms with Gasteiger partial charge in [-0.2, -0.15) is 0 Å². The summed E-state index contributed by atoms with van der Waals surface area (Å²) in [6, 6.07) is 11.4. The van der Waals surface area contributed by atoms with Gasteiger partial charge in [0, 0.05) is 17.8 Å². The molecule has 0 unspecified atom stereocenters. The van der Waals surface area contributed by atoms with E-state index in [2.05, 4.69) is 15.5 Å². The maximum atomic E-state index is 12.4. The Morgan fingerprint density at radius 1 is 1.17 bits per heavy atom. The van der Waals surface area contributed by atoms with E-state index in [0.29, 0.717) is 16.7 Å². The van der Waals surface area contributed by atoms with E-state index in [9.17, 15) is 14.9 Å². The van der Waals surface area contributed by atoms with Crippen LogP contribution in [-0.4, -0.2) is 45.6 Å². The number of benzene rings is 2.